The van der Waals surface area contributed by atoms with Crippen molar-refractivity contribution in [2.75, 3.05) is 0 Å². The Hall–Kier alpha value is 0.217. The average Bonchev–Trinajstić information content (AvgIpc) is 1.89. The van der Waals surface area contributed by atoms with Gasteiger partial charge in [0.2, 0.25) is 0 Å². The molecule has 0 aromatic carbocycles. The number of hydrogen-bond acceptors (Lipinski definition) is 0. The highest BCUT2D eigenvalue weighted by Gasteiger charge is 1.96. The molecule has 1 atom stereocenters. The molecule has 0 nitrogen and oxygen atoms in total. The summed E-state index contributed by atoms with van der Waals surface area (Å²) in [5, 5.41) is 0. The zero-order chi connectivity index (χ0) is 7.11. The third-order valence-electron chi connectivity index (χ3n) is 2.00. The van der Waals surface area contributed by atoms with Crippen molar-refractivity contribution in [2.24, 2.45) is 0 Å². The minimum absolute atomic E-state index is 0.325. The van der Waals surface area contributed by atoms with Gasteiger partial charge < -0.3 is 0 Å². The second-order valence-electron chi connectivity index (χ2n) is 3.01. The molecule has 0 aliphatic heterocycles. The molecule has 1 unspecified atom stereocenters. The minimum atomic E-state index is 0.325. The Labute approximate surface area is 61.9 Å². The summed E-state index contributed by atoms with van der Waals surface area (Å²) in [6, 6.07) is 1.57. The molecular formula is C8H20Si. The molecule has 0 saturated heterocycles. The van der Waals surface area contributed by atoms with Crippen molar-refractivity contribution in [3.8, 4) is 0 Å². The van der Waals surface area contributed by atoms with E-state index in [2.05, 4.69) is 20.8 Å². The van der Waals surface area contributed by atoms with Crippen LogP contribution >= 0.6 is 0 Å². The second-order valence-corrected chi connectivity index (χ2v) is 5.69. The van der Waals surface area contributed by atoms with E-state index in [9.17, 15) is 0 Å². The highest BCUT2D eigenvalue weighted by molar-refractivity contribution is 6.37. The second kappa shape index (κ2) is 6.34. The lowest BCUT2D eigenvalue weighted by molar-refractivity contribution is 0.831. The summed E-state index contributed by atoms with van der Waals surface area (Å²) in [5.41, 5.74) is 1.09. The summed E-state index contributed by atoms with van der Waals surface area (Å²) >= 11 is 0. The molecule has 0 aliphatic carbocycles. The van der Waals surface area contributed by atoms with Crippen molar-refractivity contribution in [3.63, 3.8) is 0 Å². The highest BCUT2D eigenvalue weighted by atomic mass is 28.2. The third kappa shape index (κ3) is 6.10. The van der Waals surface area contributed by atoms with E-state index in [0.29, 0.717) is 9.52 Å². The predicted molar refractivity (Wildman–Crippen MR) is 48.0 cm³/mol. The first kappa shape index (κ1) is 9.22. The minimum Gasteiger partial charge on any atom is -0.0654 e. The summed E-state index contributed by atoms with van der Waals surface area (Å²) in [7, 11) is 0.325. The maximum atomic E-state index is 2.40. The molecule has 0 N–H and O–H groups in total. The zero-order valence-electron chi connectivity index (χ0n) is 7.11. The molecule has 0 fully saturated rings. The summed E-state index contributed by atoms with van der Waals surface area (Å²) in [5.74, 6) is 0. The summed E-state index contributed by atoms with van der Waals surface area (Å²) < 4.78 is 0. The van der Waals surface area contributed by atoms with Gasteiger partial charge in [-0.2, -0.15) is 0 Å². The predicted octanol–water partition coefficient (Wildman–Crippen LogP) is 2.59. The Morgan fingerprint density at radius 1 is 1.33 bits per heavy atom. The van der Waals surface area contributed by atoms with E-state index in [4.69, 9.17) is 0 Å². The largest absolute Gasteiger partial charge is 0.0654 e. The van der Waals surface area contributed by atoms with Gasteiger partial charge in [-0.15, -0.1) is 0 Å². The Kier molecular flexibility index (Phi) is 6.49. The van der Waals surface area contributed by atoms with Gasteiger partial charge in [0.1, 0.15) is 0 Å². The molecule has 0 bridgehead atoms. The van der Waals surface area contributed by atoms with Crippen LogP contribution in [0.2, 0.25) is 11.6 Å². The van der Waals surface area contributed by atoms with Gasteiger partial charge in [-0.05, 0) is 0 Å². The standard InChI is InChI=1S/C8H20Si/c1-4-6-7-9-8(3)5-2/h8H,4-7,9H2,1-3H3. The SMILES string of the molecule is CCCC[SiH2]C(C)CC. The van der Waals surface area contributed by atoms with Gasteiger partial charge in [0.15, 0.2) is 0 Å². The number of unbranched alkanes of at least 4 members (excludes halogenated alkanes) is 1. The molecule has 56 valence electrons. The fourth-order valence-electron chi connectivity index (χ4n) is 0.947. The van der Waals surface area contributed by atoms with Gasteiger partial charge in [-0.25, -0.2) is 0 Å². The smallest absolute Gasteiger partial charge is 0.0228 e. The van der Waals surface area contributed by atoms with Crippen LogP contribution in [-0.2, 0) is 0 Å². The van der Waals surface area contributed by atoms with Crippen molar-refractivity contribution in [2.45, 2.75) is 51.6 Å². The van der Waals surface area contributed by atoms with E-state index in [-0.39, 0.29) is 0 Å². The van der Waals surface area contributed by atoms with Crippen LogP contribution in [-0.4, -0.2) is 9.52 Å². The van der Waals surface area contributed by atoms with Crippen LogP contribution in [0.5, 0.6) is 0 Å². The van der Waals surface area contributed by atoms with Gasteiger partial charge >= 0.3 is 0 Å². The number of hydrogen-bond donors (Lipinski definition) is 0. The Bertz CT molecular complexity index is 52.5. The zero-order valence-corrected chi connectivity index (χ0v) is 8.53. The highest BCUT2D eigenvalue weighted by Crippen LogP contribution is 2.09. The molecule has 0 spiro atoms. The van der Waals surface area contributed by atoms with Crippen LogP contribution in [0.15, 0.2) is 0 Å². The maximum Gasteiger partial charge on any atom is 0.0228 e. The normalized spacial score (nSPS) is 15.0. The first-order valence-electron chi connectivity index (χ1n) is 4.31. The van der Waals surface area contributed by atoms with Crippen molar-refractivity contribution >= 4 is 9.52 Å². The molecule has 0 radical (unpaired) electrons. The quantitative estimate of drug-likeness (QED) is 0.411. The Morgan fingerprint density at radius 2 is 2.00 bits per heavy atom. The van der Waals surface area contributed by atoms with Gasteiger partial charge in [0, 0.05) is 9.52 Å². The molecule has 0 aromatic heterocycles. The van der Waals surface area contributed by atoms with Crippen LogP contribution in [0.4, 0.5) is 0 Å². The van der Waals surface area contributed by atoms with Gasteiger partial charge in [0.05, 0.1) is 0 Å². The van der Waals surface area contributed by atoms with Gasteiger partial charge in [-0.3, -0.25) is 0 Å². The van der Waals surface area contributed by atoms with Crippen LogP contribution in [0.3, 0.4) is 0 Å². The van der Waals surface area contributed by atoms with E-state index in [1.165, 1.54) is 19.3 Å². The summed E-state index contributed by atoms with van der Waals surface area (Å²) in [6.45, 7) is 7.00. The van der Waals surface area contributed by atoms with Crippen LogP contribution in [0.1, 0.15) is 40.0 Å². The van der Waals surface area contributed by atoms with Gasteiger partial charge in [0.25, 0.3) is 0 Å². The maximum absolute atomic E-state index is 2.40. The summed E-state index contributed by atoms with van der Waals surface area (Å²) in [4.78, 5) is 0. The Balaban J connectivity index is 2.88. The molecule has 0 saturated carbocycles. The third-order valence-corrected chi connectivity index (χ3v) is 4.47. The van der Waals surface area contributed by atoms with E-state index >= 15 is 0 Å². The fraction of sp³-hybridized carbons (Fsp3) is 1.00. The van der Waals surface area contributed by atoms with E-state index < -0.39 is 0 Å². The van der Waals surface area contributed by atoms with Crippen LogP contribution in [0, 0.1) is 0 Å². The van der Waals surface area contributed by atoms with Crippen molar-refractivity contribution in [1.29, 1.82) is 0 Å². The molecule has 9 heavy (non-hydrogen) atoms. The van der Waals surface area contributed by atoms with Crippen molar-refractivity contribution < 1.29 is 0 Å². The van der Waals surface area contributed by atoms with Crippen LogP contribution < -0.4 is 0 Å². The molecule has 0 aromatic rings. The van der Waals surface area contributed by atoms with Gasteiger partial charge in [-0.1, -0.05) is 51.6 Å². The lowest BCUT2D eigenvalue weighted by Crippen LogP contribution is -1.96. The molecule has 0 aliphatic rings. The first-order chi connectivity index (χ1) is 4.31. The molecule has 0 heterocycles. The van der Waals surface area contributed by atoms with E-state index in [0.717, 1.165) is 5.54 Å². The molecular weight excluding hydrogens is 124 g/mol. The molecule has 1 heteroatoms. The first-order valence-corrected chi connectivity index (χ1v) is 6.12. The number of rotatable bonds is 5. The topological polar surface area (TPSA) is 0 Å². The van der Waals surface area contributed by atoms with Crippen molar-refractivity contribution in [3.05, 3.63) is 0 Å². The lowest BCUT2D eigenvalue weighted by Gasteiger charge is -2.04. The summed E-state index contributed by atoms with van der Waals surface area (Å²) in [6.07, 6.45) is 4.29. The monoisotopic (exact) mass is 144 g/mol. The lowest BCUT2D eigenvalue weighted by atomic mass is 10.4. The van der Waals surface area contributed by atoms with E-state index in [1.807, 2.05) is 0 Å². The molecule has 0 rings (SSSR count). The van der Waals surface area contributed by atoms with Crippen molar-refractivity contribution in [1.82, 2.24) is 0 Å². The Morgan fingerprint density at radius 3 is 2.44 bits per heavy atom. The van der Waals surface area contributed by atoms with E-state index in [1.54, 1.807) is 6.04 Å². The van der Waals surface area contributed by atoms with Crippen LogP contribution in [0.25, 0.3) is 0 Å². The average molecular weight is 144 g/mol. The fourth-order valence-corrected chi connectivity index (χ4v) is 2.84. The molecule has 0 amide bonds.